The maximum atomic E-state index is 11.8. The molecule has 1 aromatic rings. The van der Waals surface area contributed by atoms with Gasteiger partial charge in [-0.05, 0) is 25.5 Å². The smallest absolute Gasteiger partial charge is 0.337 e. The maximum Gasteiger partial charge on any atom is 0.337 e. The lowest BCUT2D eigenvalue weighted by Crippen LogP contribution is -2.32. The molecule has 1 atom stereocenters. The molecule has 0 aliphatic heterocycles. The molecule has 1 rings (SSSR count). The van der Waals surface area contributed by atoms with Gasteiger partial charge in [-0.25, -0.2) is 22.9 Å². The van der Waals surface area contributed by atoms with Crippen molar-refractivity contribution < 1.29 is 18.3 Å². The Morgan fingerprint density at radius 2 is 2.18 bits per heavy atom. The number of carboxylic acid groups (broad SMARTS) is 1. The Labute approximate surface area is 99.7 Å². The van der Waals surface area contributed by atoms with Crippen LogP contribution in [0.4, 0.5) is 0 Å². The monoisotopic (exact) mass is 258 g/mol. The van der Waals surface area contributed by atoms with E-state index < -0.39 is 16.0 Å². The first-order valence-electron chi connectivity index (χ1n) is 5.08. The molecule has 0 fully saturated rings. The number of rotatable bonds is 5. The van der Waals surface area contributed by atoms with Crippen LogP contribution in [0, 0.1) is 0 Å². The van der Waals surface area contributed by atoms with Crippen LogP contribution in [-0.4, -0.2) is 30.5 Å². The third-order valence-corrected chi connectivity index (χ3v) is 3.73. The van der Waals surface area contributed by atoms with Gasteiger partial charge >= 0.3 is 5.97 Å². The summed E-state index contributed by atoms with van der Waals surface area (Å²) in [5, 5.41) is 8.48. The maximum absolute atomic E-state index is 11.8. The predicted molar refractivity (Wildman–Crippen MR) is 61.3 cm³/mol. The molecule has 0 spiro atoms. The lowest BCUT2D eigenvalue weighted by atomic mass is 10.3. The van der Waals surface area contributed by atoms with Crippen molar-refractivity contribution in [1.82, 2.24) is 9.71 Å². The van der Waals surface area contributed by atoms with E-state index in [9.17, 15) is 13.2 Å². The number of nitrogens with zero attached hydrogens (tertiary/aromatic N) is 1. The van der Waals surface area contributed by atoms with Gasteiger partial charge < -0.3 is 5.11 Å². The Kier molecular flexibility index (Phi) is 4.19. The molecule has 0 bridgehead atoms. The fourth-order valence-corrected chi connectivity index (χ4v) is 2.33. The fourth-order valence-electron chi connectivity index (χ4n) is 1.07. The molecule has 7 heteroatoms. The predicted octanol–water partition coefficient (Wildman–Crippen LogP) is 0.857. The number of hydrogen-bond donors (Lipinski definition) is 2. The second kappa shape index (κ2) is 5.24. The van der Waals surface area contributed by atoms with Crippen molar-refractivity contribution in [2.24, 2.45) is 0 Å². The molecule has 1 aromatic heterocycles. The molecule has 1 unspecified atom stereocenters. The van der Waals surface area contributed by atoms with Crippen LogP contribution in [0.3, 0.4) is 0 Å². The first-order chi connectivity index (χ1) is 7.86. The van der Waals surface area contributed by atoms with E-state index in [-0.39, 0.29) is 16.6 Å². The van der Waals surface area contributed by atoms with E-state index in [1.165, 1.54) is 12.1 Å². The summed E-state index contributed by atoms with van der Waals surface area (Å²) in [5.74, 6) is -1.14. The molecule has 0 radical (unpaired) electrons. The lowest BCUT2D eigenvalue weighted by molar-refractivity contribution is 0.0696. The number of pyridine rings is 1. The van der Waals surface area contributed by atoms with Crippen LogP contribution in [0.25, 0.3) is 0 Å². The molecule has 0 aromatic carbocycles. The molecule has 1 heterocycles. The molecule has 0 aliphatic rings. The Hall–Kier alpha value is -1.47. The highest BCUT2D eigenvalue weighted by molar-refractivity contribution is 7.89. The Bertz CT molecular complexity index is 496. The van der Waals surface area contributed by atoms with Gasteiger partial charge in [-0.3, -0.25) is 0 Å². The minimum atomic E-state index is -3.67. The van der Waals surface area contributed by atoms with E-state index in [0.29, 0.717) is 6.42 Å². The van der Waals surface area contributed by atoms with Gasteiger partial charge in [0.25, 0.3) is 10.0 Å². The number of hydrogen-bond acceptors (Lipinski definition) is 4. The van der Waals surface area contributed by atoms with Crippen molar-refractivity contribution in [3.05, 3.63) is 23.9 Å². The second-order valence-electron chi connectivity index (χ2n) is 3.62. The van der Waals surface area contributed by atoms with E-state index in [0.717, 1.165) is 6.20 Å². The van der Waals surface area contributed by atoms with Crippen molar-refractivity contribution in [2.45, 2.75) is 31.3 Å². The van der Waals surface area contributed by atoms with Crippen molar-refractivity contribution >= 4 is 16.0 Å². The second-order valence-corrected chi connectivity index (χ2v) is 5.28. The zero-order chi connectivity index (χ0) is 13.1. The van der Waals surface area contributed by atoms with Gasteiger partial charge in [-0.1, -0.05) is 6.92 Å². The minimum absolute atomic E-state index is 0.0486. The number of aromatic carboxylic acids is 1. The van der Waals surface area contributed by atoms with Crippen molar-refractivity contribution in [3.8, 4) is 0 Å². The Morgan fingerprint density at radius 3 is 2.59 bits per heavy atom. The van der Waals surface area contributed by atoms with Gasteiger partial charge in [-0.2, -0.15) is 0 Å². The minimum Gasteiger partial charge on any atom is -0.478 e. The summed E-state index contributed by atoms with van der Waals surface area (Å²) in [7, 11) is -3.67. The highest BCUT2D eigenvalue weighted by Crippen LogP contribution is 2.08. The van der Waals surface area contributed by atoms with Gasteiger partial charge in [0.05, 0.1) is 5.56 Å². The molecule has 17 heavy (non-hydrogen) atoms. The molecule has 6 nitrogen and oxygen atoms in total. The van der Waals surface area contributed by atoms with Gasteiger partial charge in [0.15, 0.2) is 5.03 Å². The van der Waals surface area contributed by atoms with E-state index in [2.05, 4.69) is 9.71 Å². The molecule has 0 saturated carbocycles. The van der Waals surface area contributed by atoms with E-state index in [1.54, 1.807) is 6.92 Å². The molecule has 2 N–H and O–H groups in total. The van der Waals surface area contributed by atoms with Gasteiger partial charge in [0.1, 0.15) is 0 Å². The molecule has 0 amide bonds. The average Bonchev–Trinajstić information content (AvgIpc) is 2.28. The number of sulfonamides is 1. The summed E-state index contributed by atoms with van der Waals surface area (Å²) in [4.78, 5) is 14.2. The van der Waals surface area contributed by atoms with Crippen LogP contribution in [0.15, 0.2) is 23.4 Å². The topological polar surface area (TPSA) is 96.4 Å². The molecular formula is C10H14N2O4S. The van der Waals surface area contributed by atoms with Crippen LogP contribution in [0.1, 0.15) is 30.6 Å². The summed E-state index contributed by atoms with van der Waals surface area (Å²) in [6.45, 7) is 3.59. The summed E-state index contributed by atoms with van der Waals surface area (Å²) in [6, 6.07) is 2.19. The molecule has 0 aliphatic carbocycles. The van der Waals surface area contributed by atoms with E-state index in [1.807, 2.05) is 6.92 Å². The molecule has 94 valence electrons. The Balaban J connectivity index is 2.96. The molecule has 0 saturated heterocycles. The number of carbonyl (C=O) groups is 1. The third kappa shape index (κ3) is 3.50. The zero-order valence-corrected chi connectivity index (χ0v) is 10.4. The van der Waals surface area contributed by atoms with Crippen LogP contribution < -0.4 is 4.72 Å². The Morgan fingerprint density at radius 1 is 1.53 bits per heavy atom. The summed E-state index contributed by atoms with van der Waals surface area (Å²) >= 11 is 0. The van der Waals surface area contributed by atoms with Crippen LogP contribution in [-0.2, 0) is 10.0 Å². The van der Waals surface area contributed by atoms with Crippen LogP contribution >= 0.6 is 0 Å². The number of carboxylic acids is 1. The number of aromatic nitrogens is 1. The van der Waals surface area contributed by atoms with Crippen molar-refractivity contribution in [1.29, 1.82) is 0 Å². The zero-order valence-electron chi connectivity index (χ0n) is 9.54. The third-order valence-electron chi connectivity index (χ3n) is 2.23. The van der Waals surface area contributed by atoms with Gasteiger partial charge in [0.2, 0.25) is 0 Å². The largest absolute Gasteiger partial charge is 0.478 e. The van der Waals surface area contributed by atoms with Crippen LogP contribution in [0.5, 0.6) is 0 Å². The summed E-state index contributed by atoms with van der Waals surface area (Å²) in [5.41, 5.74) is -0.0486. The SMILES string of the molecule is CCC(C)NS(=O)(=O)c1ccc(C(=O)O)cn1. The highest BCUT2D eigenvalue weighted by atomic mass is 32.2. The summed E-state index contributed by atoms with van der Waals surface area (Å²) < 4.78 is 26.0. The van der Waals surface area contributed by atoms with Gasteiger partial charge in [-0.15, -0.1) is 0 Å². The lowest BCUT2D eigenvalue weighted by Gasteiger charge is -2.11. The number of nitrogens with one attached hydrogen (secondary N) is 1. The van der Waals surface area contributed by atoms with Crippen molar-refractivity contribution in [2.75, 3.05) is 0 Å². The van der Waals surface area contributed by atoms with Gasteiger partial charge in [0, 0.05) is 12.2 Å². The fraction of sp³-hybridized carbons (Fsp3) is 0.400. The first-order valence-corrected chi connectivity index (χ1v) is 6.57. The van der Waals surface area contributed by atoms with E-state index >= 15 is 0 Å². The highest BCUT2D eigenvalue weighted by Gasteiger charge is 2.18. The van der Waals surface area contributed by atoms with E-state index in [4.69, 9.17) is 5.11 Å². The van der Waals surface area contributed by atoms with Crippen molar-refractivity contribution in [3.63, 3.8) is 0 Å². The first kappa shape index (κ1) is 13.6. The summed E-state index contributed by atoms with van der Waals surface area (Å²) in [6.07, 6.45) is 1.68. The molecular weight excluding hydrogens is 244 g/mol. The average molecular weight is 258 g/mol. The quantitative estimate of drug-likeness (QED) is 0.816. The van der Waals surface area contributed by atoms with Crippen LogP contribution in [0.2, 0.25) is 0 Å². The standard InChI is InChI=1S/C10H14N2O4S/c1-3-7(2)12-17(15,16)9-5-4-8(6-11-9)10(13)14/h4-7,12H,3H2,1-2H3,(H,13,14). The normalized spacial score (nSPS) is 13.3.